The van der Waals surface area contributed by atoms with Gasteiger partial charge in [-0.15, -0.1) is 0 Å². The van der Waals surface area contributed by atoms with Gasteiger partial charge in [0.2, 0.25) is 10.0 Å². The number of ether oxygens (including phenoxy) is 1. The summed E-state index contributed by atoms with van der Waals surface area (Å²) >= 11 is 12.0. The Morgan fingerprint density at radius 3 is 2.46 bits per heavy atom. The minimum Gasteiger partial charge on any atom is -0.480 e. The molecule has 0 spiro atoms. The van der Waals surface area contributed by atoms with Gasteiger partial charge < -0.3 is 9.64 Å². The maximum Gasteiger partial charge on any atom is 0.264 e. The van der Waals surface area contributed by atoms with E-state index in [9.17, 15) is 13.2 Å². The molecule has 6 nitrogen and oxygen atoms in total. The maximum atomic E-state index is 12.9. The quantitative estimate of drug-likeness (QED) is 0.735. The molecule has 2 aromatic rings. The number of benzene rings is 2. The van der Waals surface area contributed by atoms with Crippen LogP contribution in [0.3, 0.4) is 0 Å². The summed E-state index contributed by atoms with van der Waals surface area (Å²) in [6, 6.07) is 11.9. The zero-order valence-corrected chi connectivity index (χ0v) is 17.2. The van der Waals surface area contributed by atoms with Gasteiger partial charge >= 0.3 is 0 Å². The lowest BCUT2D eigenvalue weighted by Gasteiger charge is -2.35. The molecule has 0 N–H and O–H groups in total. The van der Waals surface area contributed by atoms with Gasteiger partial charge in [-0.2, -0.15) is 4.31 Å². The van der Waals surface area contributed by atoms with Crippen molar-refractivity contribution >= 4 is 39.1 Å². The first-order valence-corrected chi connectivity index (χ1v) is 11.0. The predicted molar refractivity (Wildman–Crippen MR) is 106 cm³/mol. The van der Waals surface area contributed by atoms with Crippen LogP contribution in [0.25, 0.3) is 0 Å². The summed E-state index contributed by atoms with van der Waals surface area (Å²) in [5.41, 5.74) is 1.01. The van der Waals surface area contributed by atoms with Gasteiger partial charge in [-0.25, -0.2) is 8.42 Å². The smallest absolute Gasteiger partial charge is 0.264 e. The first-order chi connectivity index (χ1) is 13.4. The van der Waals surface area contributed by atoms with Crippen LogP contribution in [0.4, 0.5) is 0 Å². The van der Waals surface area contributed by atoms with Gasteiger partial charge in [0.25, 0.3) is 5.91 Å². The van der Waals surface area contributed by atoms with E-state index in [0.717, 1.165) is 11.3 Å². The van der Waals surface area contributed by atoms with Crippen molar-refractivity contribution in [1.29, 1.82) is 0 Å². The number of piperazine rings is 1. The van der Waals surface area contributed by atoms with E-state index in [1.165, 1.54) is 16.4 Å². The Bertz CT molecular complexity index is 995. The molecule has 2 aliphatic rings. The molecule has 4 rings (SSSR count). The molecule has 0 aliphatic carbocycles. The normalized spacial score (nSPS) is 19.9. The van der Waals surface area contributed by atoms with Gasteiger partial charge in [0.05, 0.1) is 5.02 Å². The molecule has 28 heavy (non-hydrogen) atoms. The van der Waals surface area contributed by atoms with Crippen LogP contribution in [-0.4, -0.2) is 55.8 Å². The van der Waals surface area contributed by atoms with Crippen molar-refractivity contribution in [3.63, 3.8) is 0 Å². The van der Waals surface area contributed by atoms with Crippen LogP contribution in [0, 0.1) is 0 Å². The molecule has 1 fully saturated rings. The number of halogens is 2. The minimum atomic E-state index is -3.78. The van der Waals surface area contributed by atoms with Crippen LogP contribution in [-0.2, 0) is 21.2 Å². The molecule has 2 aromatic carbocycles. The third-order valence-electron chi connectivity index (χ3n) is 4.98. The largest absolute Gasteiger partial charge is 0.480 e. The molecule has 0 radical (unpaired) electrons. The molecular weight excluding hydrogens is 423 g/mol. The van der Waals surface area contributed by atoms with Crippen LogP contribution < -0.4 is 4.74 Å². The number of para-hydroxylation sites is 1. The van der Waals surface area contributed by atoms with Crippen LogP contribution in [0.2, 0.25) is 10.0 Å². The Balaban J connectivity index is 1.42. The number of hydrogen-bond donors (Lipinski definition) is 0. The van der Waals surface area contributed by atoms with Crippen LogP contribution >= 0.6 is 23.2 Å². The fraction of sp³-hybridized carbons (Fsp3) is 0.316. The van der Waals surface area contributed by atoms with Crippen LogP contribution in [0.5, 0.6) is 5.75 Å². The lowest BCUT2D eigenvalue weighted by atomic mass is 10.1. The molecular formula is C19H18Cl2N2O4S. The fourth-order valence-electron chi connectivity index (χ4n) is 3.49. The van der Waals surface area contributed by atoms with Crippen molar-refractivity contribution in [3.8, 4) is 5.75 Å². The second-order valence-electron chi connectivity index (χ2n) is 6.72. The fourth-order valence-corrected chi connectivity index (χ4v) is 5.65. The van der Waals surface area contributed by atoms with Crippen molar-refractivity contribution < 1.29 is 17.9 Å². The number of amides is 1. The molecule has 1 unspecified atom stereocenters. The summed E-state index contributed by atoms with van der Waals surface area (Å²) < 4.78 is 32.9. The average molecular weight is 441 g/mol. The Kier molecular flexibility index (Phi) is 5.26. The van der Waals surface area contributed by atoms with Gasteiger partial charge in [0, 0.05) is 37.6 Å². The lowest BCUT2D eigenvalue weighted by molar-refractivity contribution is -0.139. The summed E-state index contributed by atoms with van der Waals surface area (Å²) in [5.74, 6) is 0.617. The first kappa shape index (κ1) is 19.5. The highest BCUT2D eigenvalue weighted by Crippen LogP contribution is 2.30. The molecule has 9 heteroatoms. The summed E-state index contributed by atoms with van der Waals surface area (Å²) in [6.45, 7) is 0.978. The zero-order valence-electron chi connectivity index (χ0n) is 14.8. The number of rotatable bonds is 3. The van der Waals surface area contributed by atoms with Gasteiger partial charge in [-0.05, 0) is 29.8 Å². The highest BCUT2D eigenvalue weighted by molar-refractivity contribution is 7.89. The summed E-state index contributed by atoms with van der Waals surface area (Å²) in [4.78, 5) is 14.4. The molecule has 1 saturated heterocycles. The van der Waals surface area contributed by atoms with Crippen molar-refractivity contribution in [1.82, 2.24) is 9.21 Å². The van der Waals surface area contributed by atoms with Crippen molar-refractivity contribution in [2.45, 2.75) is 17.4 Å². The third-order valence-corrected chi connectivity index (χ3v) is 7.60. The minimum absolute atomic E-state index is 0.0176. The molecule has 1 atom stereocenters. The third kappa shape index (κ3) is 3.59. The average Bonchev–Trinajstić information content (AvgIpc) is 3.13. The van der Waals surface area contributed by atoms with Crippen LogP contribution in [0.15, 0.2) is 47.4 Å². The topological polar surface area (TPSA) is 66.9 Å². The van der Waals surface area contributed by atoms with Gasteiger partial charge in [-0.1, -0.05) is 41.4 Å². The molecule has 1 amide bonds. The number of fused-ring (bicyclic) bond motifs is 1. The standard InChI is InChI=1S/C19H18Cl2N2O4S/c20-14-5-6-15(21)18(12-14)28(25,26)23-9-7-22(8-10-23)19(24)17-11-13-3-1-2-4-16(13)27-17/h1-6,12,17H,7-11H2. The Morgan fingerprint density at radius 1 is 1.04 bits per heavy atom. The Morgan fingerprint density at radius 2 is 1.75 bits per heavy atom. The zero-order chi connectivity index (χ0) is 19.9. The highest BCUT2D eigenvalue weighted by atomic mass is 35.5. The van der Waals surface area contributed by atoms with E-state index < -0.39 is 16.1 Å². The maximum absolute atomic E-state index is 12.9. The number of sulfonamides is 1. The SMILES string of the molecule is O=C(C1Cc2ccccc2O1)N1CCN(S(=O)(=O)c2cc(Cl)ccc2Cl)CC1. The summed E-state index contributed by atoms with van der Waals surface area (Å²) in [7, 11) is -3.78. The van der Waals surface area contributed by atoms with E-state index in [1.54, 1.807) is 11.0 Å². The second-order valence-corrected chi connectivity index (χ2v) is 9.47. The van der Waals surface area contributed by atoms with Gasteiger partial charge in [-0.3, -0.25) is 4.79 Å². The number of hydrogen-bond acceptors (Lipinski definition) is 4. The predicted octanol–water partition coefficient (Wildman–Crippen LogP) is 2.83. The Labute approximate surface area is 173 Å². The van der Waals surface area contributed by atoms with Crippen molar-refractivity contribution in [2.75, 3.05) is 26.2 Å². The van der Waals surface area contributed by atoms with Gasteiger partial charge in [0.1, 0.15) is 10.6 Å². The second kappa shape index (κ2) is 7.55. The number of nitrogens with zero attached hydrogens (tertiary/aromatic N) is 2. The van der Waals surface area contributed by atoms with E-state index in [1.807, 2.05) is 24.3 Å². The number of carbonyl (C=O) groups is 1. The molecule has 2 heterocycles. The van der Waals surface area contributed by atoms with E-state index in [2.05, 4.69) is 0 Å². The molecule has 0 bridgehead atoms. The van der Waals surface area contributed by atoms with Crippen molar-refractivity contribution in [2.24, 2.45) is 0 Å². The van der Waals surface area contributed by atoms with E-state index >= 15 is 0 Å². The Hall–Kier alpha value is -1.80. The number of carbonyl (C=O) groups excluding carboxylic acids is 1. The monoisotopic (exact) mass is 440 g/mol. The van der Waals surface area contributed by atoms with Crippen LogP contribution in [0.1, 0.15) is 5.56 Å². The summed E-state index contributed by atoms with van der Waals surface area (Å²) in [5, 5.41) is 0.426. The van der Waals surface area contributed by atoms with Crippen molar-refractivity contribution in [3.05, 3.63) is 58.1 Å². The first-order valence-electron chi connectivity index (χ1n) is 8.85. The molecule has 2 aliphatic heterocycles. The molecule has 0 saturated carbocycles. The lowest BCUT2D eigenvalue weighted by Crippen LogP contribution is -2.53. The molecule has 148 valence electrons. The summed E-state index contributed by atoms with van der Waals surface area (Å²) in [6.07, 6.45) is -0.0195. The van der Waals surface area contributed by atoms with E-state index in [-0.39, 0.29) is 28.9 Å². The van der Waals surface area contributed by atoms with Gasteiger partial charge in [0.15, 0.2) is 6.10 Å². The van der Waals surface area contributed by atoms with E-state index in [4.69, 9.17) is 27.9 Å². The molecule has 0 aromatic heterocycles. The van der Waals surface area contributed by atoms with E-state index in [0.29, 0.717) is 24.5 Å². The highest BCUT2D eigenvalue weighted by Gasteiger charge is 2.36.